The van der Waals surface area contributed by atoms with Crippen molar-refractivity contribution in [2.24, 2.45) is 0 Å². The van der Waals surface area contributed by atoms with Crippen molar-refractivity contribution in [2.75, 3.05) is 0 Å². The Morgan fingerprint density at radius 1 is 1.73 bits per heavy atom. The summed E-state index contributed by atoms with van der Waals surface area (Å²) in [6, 6.07) is 1.04. The van der Waals surface area contributed by atoms with Crippen LogP contribution in [0.5, 0.6) is 0 Å². The Bertz CT molecular complexity index is 174. The molecular weight excluding hydrogens is 138 g/mol. The third-order valence-electron chi connectivity index (χ3n) is 2.00. The van der Waals surface area contributed by atoms with Gasteiger partial charge in [-0.05, 0) is 19.9 Å². The van der Waals surface area contributed by atoms with Gasteiger partial charge in [-0.2, -0.15) is 0 Å². The van der Waals surface area contributed by atoms with Crippen LogP contribution in [0.4, 0.5) is 0 Å². The average molecular weight is 154 g/mol. The SMILES string of the molecule is CC(=O)C[C@H]1CC=C[C@@H](C)[NH2+]1. The van der Waals surface area contributed by atoms with Crippen LogP contribution in [0, 0.1) is 0 Å². The van der Waals surface area contributed by atoms with Gasteiger partial charge in [0.25, 0.3) is 0 Å². The molecule has 1 heterocycles. The second-order valence-electron chi connectivity index (χ2n) is 3.38. The fraction of sp³-hybridized carbons (Fsp3) is 0.667. The topological polar surface area (TPSA) is 33.7 Å². The maximum absolute atomic E-state index is 10.8. The second kappa shape index (κ2) is 3.67. The fourth-order valence-corrected chi connectivity index (χ4v) is 1.56. The lowest BCUT2D eigenvalue weighted by atomic mass is 10.0. The van der Waals surface area contributed by atoms with Gasteiger partial charge < -0.3 is 5.32 Å². The first-order valence-electron chi connectivity index (χ1n) is 4.19. The van der Waals surface area contributed by atoms with Gasteiger partial charge in [-0.15, -0.1) is 0 Å². The lowest BCUT2D eigenvalue weighted by Gasteiger charge is -2.19. The zero-order valence-electron chi connectivity index (χ0n) is 7.21. The number of rotatable bonds is 2. The van der Waals surface area contributed by atoms with Crippen LogP contribution in [-0.2, 0) is 4.79 Å². The molecule has 2 nitrogen and oxygen atoms in total. The predicted octanol–water partition coefficient (Wildman–Crippen LogP) is 0.246. The van der Waals surface area contributed by atoms with Gasteiger partial charge >= 0.3 is 0 Å². The van der Waals surface area contributed by atoms with E-state index in [0.29, 0.717) is 24.3 Å². The van der Waals surface area contributed by atoms with E-state index < -0.39 is 0 Å². The Morgan fingerprint density at radius 2 is 2.45 bits per heavy atom. The molecule has 62 valence electrons. The minimum Gasteiger partial charge on any atom is -0.338 e. The van der Waals surface area contributed by atoms with Crippen molar-refractivity contribution in [1.29, 1.82) is 0 Å². The van der Waals surface area contributed by atoms with Gasteiger partial charge in [0.2, 0.25) is 0 Å². The molecule has 2 N–H and O–H groups in total. The third-order valence-corrected chi connectivity index (χ3v) is 2.00. The van der Waals surface area contributed by atoms with E-state index in [-0.39, 0.29) is 0 Å². The molecule has 0 aromatic heterocycles. The van der Waals surface area contributed by atoms with Crippen LogP contribution in [0.15, 0.2) is 12.2 Å². The zero-order chi connectivity index (χ0) is 8.27. The Hall–Kier alpha value is -0.630. The molecule has 0 fully saturated rings. The van der Waals surface area contributed by atoms with Gasteiger partial charge in [0, 0.05) is 6.42 Å². The Labute approximate surface area is 67.7 Å². The van der Waals surface area contributed by atoms with E-state index in [9.17, 15) is 4.79 Å². The van der Waals surface area contributed by atoms with Gasteiger partial charge in [0.05, 0.1) is 12.5 Å². The highest BCUT2D eigenvalue weighted by Crippen LogP contribution is 2.00. The minimum absolute atomic E-state index is 0.300. The number of carbonyl (C=O) groups is 1. The smallest absolute Gasteiger partial charge is 0.135 e. The Balaban J connectivity index is 2.37. The first-order valence-corrected chi connectivity index (χ1v) is 4.19. The summed E-state index contributed by atoms with van der Waals surface area (Å²) >= 11 is 0. The number of carbonyl (C=O) groups excluding carboxylic acids is 1. The number of hydrogen-bond donors (Lipinski definition) is 1. The molecule has 0 aromatic rings. The van der Waals surface area contributed by atoms with Crippen LogP contribution in [0.2, 0.25) is 0 Å². The molecule has 2 heteroatoms. The number of Topliss-reactive ketones (excluding diaryl/α,β-unsaturated/α-hetero) is 1. The second-order valence-corrected chi connectivity index (χ2v) is 3.38. The number of quaternary nitrogens is 1. The number of hydrogen-bond acceptors (Lipinski definition) is 1. The van der Waals surface area contributed by atoms with Crippen molar-refractivity contribution in [2.45, 2.75) is 38.8 Å². The first-order chi connectivity index (χ1) is 5.18. The van der Waals surface area contributed by atoms with E-state index in [0.717, 1.165) is 6.42 Å². The molecule has 0 radical (unpaired) electrons. The fourth-order valence-electron chi connectivity index (χ4n) is 1.56. The van der Waals surface area contributed by atoms with E-state index in [4.69, 9.17) is 0 Å². The van der Waals surface area contributed by atoms with E-state index in [1.807, 2.05) is 0 Å². The maximum atomic E-state index is 10.8. The number of nitrogens with two attached hydrogens (primary N) is 1. The Morgan fingerprint density at radius 3 is 3.00 bits per heavy atom. The lowest BCUT2D eigenvalue weighted by molar-refractivity contribution is -0.710. The summed E-state index contributed by atoms with van der Waals surface area (Å²) in [6.45, 7) is 3.82. The van der Waals surface area contributed by atoms with Crippen LogP contribution in [0.25, 0.3) is 0 Å². The molecule has 11 heavy (non-hydrogen) atoms. The van der Waals surface area contributed by atoms with Crippen molar-refractivity contribution in [1.82, 2.24) is 0 Å². The molecule has 0 saturated heterocycles. The van der Waals surface area contributed by atoms with E-state index in [2.05, 4.69) is 24.4 Å². The molecule has 1 rings (SSSR count). The quantitative estimate of drug-likeness (QED) is 0.568. The summed E-state index contributed by atoms with van der Waals surface area (Å²) in [5.41, 5.74) is 0. The summed E-state index contributed by atoms with van der Waals surface area (Å²) in [6.07, 6.45) is 6.13. The van der Waals surface area contributed by atoms with Crippen LogP contribution in [0.3, 0.4) is 0 Å². The molecule has 0 aliphatic carbocycles. The molecule has 0 bridgehead atoms. The van der Waals surface area contributed by atoms with Gasteiger partial charge in [0.1, 0.15) is 11.8 Å². The van der Waals surface area contributed by atoms with Crippen molar-refractivity contribution in [3.8, 4) is 0 Å². The third kappa shape index (κ3) is 2.85. The lowest BCUT2D eigenvalue weighted by Crippen LogP contribution is -2.95. The molecule has 0 aromatic carbocycles. The highest BCUT2D eigenvalue weighted by molar-refractivity contribution is 5.75. The average Bonchev–Trinajstić information content (AvgIpc) is 1.85. The molecule has 2 atom stereocenters. The summed E-state index contributed by atoms with van der Waals surface area (Å²) in [7, 11) is 0. The molecule has 1 aliphatic heterocycles. The molecule has 0 unspecified atom stereocenters. The zero-order valence-corrected chi connectivity index (χ0v) is 7.21. The van der Waals surface area contributed by atoms with E-state index in [1.54, 1.807) is 6.92 Å². The normalized spacial score (nSPS) is 30.4. The van der Waals surface area contributed by atoms with Crippen LogP contribution in [0.1, 0.15) is 26.7 Å². The standard InChI is InChI=1S/C9H15NO/c1-7-4-3-5-9(10-7)6-8(2)11/h3-4,7,9-10H,5-6H2,1-2H3/p+1/t7-,9-/m1/s1. The predicted molar refractivity (Wildman–Crippen MR) is 44.2 cm³/mol. The van der Waals surface area contributed by atoms with E-state index in [1.165, 1.54) is 0 Å². The van der Waals surface area contributed by atoms with Crippen LogP contribution >= 0.6 is 0 Å². The summed E-state index contributed by atoms with van der Waals surface area (Å²) in [5, 5.41) is 2.27. The first kappa shape index (κ1) is 8.47. The highest BCUT2D eigenvalue weighted by atomic mass is 16.1. The van der Waals surface area contributed by atoms with Crippen molar-refractivity contribution >= 4 is 5.78 Å². The van der Waals surface area contributed by atoms with Crippen molar-refractivity contribution < 1.29 is 10.1 Å². The summed E-state index contributed by atoms with van der Waals surface area (Å²) in [4.78, 5) is 10.8. The maximum Gasteiger partial charge on any atom is 0.135 e. The minimum atomic E-state index is 0.300. The van der Waals surface area contributed by atoms with Gasteiger partial charge in [-0.3, -0.25) is 4.79 Å². The molecular formula is C9H16NO+. The highest BCUT2D eigenvalue weighted by Gasteiger charge is 2.18. The monoisotopic (exact) mass is 154 g/mol. The molecule has 0 amide bonds. The van der Waals surface area contributed by atoms with Crippen LogP contribution < -0.4 is 5.32 Å². The van der Waals surface area contributed by atoms with Gasteiger partial charge in [-0.1, -0.05) is 6.08 Å². The van der Waals surface area contributed by atoms with Crippen molar-refractivity contribution in [3.05, 3.63) is 12.2 Å². The van der Waals surface area contributed by atoms with Gasteiger partial charge in [-0.25, -0.2) is 0 Å². The van der Waals surface area contributed by atoms with Gasteiger partial charge in [0.15, 0.2) is 0 Å². The molecule has 0 spiro atoms. The summed E-state index contributed by atoms with van der Waals surface area (Å²) < 4.78 is 0. The molecule has 0 saturated carbocycles. The van der Waals surface area contributed by atoms with Crippen LogP contribution in [-0.4, -0.2) is 17.9 Å². The van der Waals surface area contributed by atoms with E-state index >= 15 is 0 Å². The molecule has 1 aliphatic rings. The van der Waals surface area contributed by atoms with Crippen molar-refractivity contribution in [3.63, 3.8) is 0 Å². The largest absolute Gasteiger partial charge is 0.338 e. The summed E-state index contributed by atoms with van der Waals surface area (Å²) in [5.74, 6) is 0.300. The Kier molecular flexibility index (Phi) is 2.83. The number of ketones is 1.